The molecule has 0 N–H and O–H groups in total. The van der Waals surface area contributed by atoms with Crippen molar-refractivity contribution in [2.45, 2.75) is 38.1 Å². The number of rotatable bonds is 3. The van der Waals surface area contributed by atoms with Gasteiger partial charge in [-0.1, -0.05) is 54.6 Å². The number of amides is 2. The molecule has 0 aromatic heterocycles. The van der Waals surface area contributed by atoms with Crippen molar-refractivity contribution in [1.82, 2.24) is 4.90 Å². The molecule has 0 radical (unpaired) electrons. The van der Waals surface area contributed by atoms with E-state index in [0.29, 0.717) is 10.7 Å². The molecule has 23 heavy (non-hydrogen) atoms. The number of halogens is 2. The van der Waals surface area contributed by atoms with E-state index in [1.807, 2.05) is 11.9 Å². The molecule has 0 bridgehead atoms. The van der Waals surface area contributed by atoms with Crippen molar-refractivity contribution >= 4 is 40.7 Å². The fourth-order valence-electron chi connectivity index (χ4n) is 3.30. The van der Waals surface area contributed by atoms with Crippen molar-refractivity contribution in [2.24, 2.45) is 0 Å². The number of anilines is 1. The Balaban J connectivity index is 1.92. The van der Waals surface area contributed by atoms with Crippen molar-refractivity contribution in [2.75, 3.05) is 11.9 Å². The number of imide groups is 1. The average Bonchev–Trinajstić information content (AvgIpc) is 2.78. The Hall–Kier alpha value is -1.52. The highest BCUT2D eigenvalue weighted by atomic mass is 35.5. The van der Waals surface area contributed by atoms with Gasteiger partial charge >= 0.3 is 0 Å². The Labute approximate surface area is 145 Å². The summed E-state index contributed by atoms with van der Waals surface area (Å²) < 4.78 is 0. The monoisotopic (exact) mass is 352 g/mol. The van der Waals surface area contributed by atoms with Gasteiger partial charge in [0.25, 0.3) is 11.8 Å². The van der Waals surface area contributed by atoms with Crippen LogP contribution in [0.5, 0.6) is 0 Å². The van der Waals surface area contributed by atoms with Crippen LogP contribution in [0, 0.1) is 0 Å². The lowest BCUT2D eigenvalue weighted by molar-refractivity contribution is -0.121. The standard InChI is InChI=1S/C17H18Cl2N2O2/c1-20(11-7-3-2-4-8-11)15-14(19)16(22)21(17(15)23)13-10-6-5-9-12(13)18/h5-6,9-11H,2-4,7-8H2,1H3. The summed E-state index contributed by atoms with van der Waals surface area (Å²) in [4.78, 5) is 28.3. The number of likely N-dealkylation sites (N-methyl/N-ethyl adjacent to an activating group) is 1. The number of carbonyl (C=O) groups is 2. The predicted molar refractivity (Wildman–Crippen MR) is 91.5 cm³/mol. The number of para-hydroxylation sites is 1. The van der Waals surface area contributed by atoms with Gasteiger partial charge in [-0.2, -0.15) is 0 Å². The Morgan fingerprint density at radius 3 is 2.35 bits per heavy atom. The number of hydrogen-bond acceptors (Lipinski definition) is 3. The van der Waals surface area contributed by atoms with Crippen molar-refractivity contribution < 1.29 is 9.59 Å². The summed E-state index contributed by atoms with van der Waals surface area (Å²) >= 11 is 12.4. The van der Waals surface area contributed by atoms with Gasteiger partial charge in [0.2, 0.25) is 0 Å². The molecular weight excluding hydrogens is 335 g/mol. The zero-order chi connectivity index (χ0) is 16.6. The summed E-state index contributed by atoms with van der Waals surface area (Å²) in [5, 5.41) is 0.322. The van der Waals surface area contributed by atoms with Crippen molar-refractivity contribution in [3.05, 3.63) is 40.0 Å². The molecule has 1 saturated carbocycles. The highest BCUT2D eigenvalue weighted by Gasteiger charge is 2.42. The molecule has 2 amide bonds. The Morgan fingerprint density at radius 2 is 1.70 bits per heavy atom. The molecule has 0 spiro atoms. The number of nitrogens with zero attached hydrogens (tertiary/aromatic N) is 2. The number of carbonyl (C=O) groups excluding carboxylic acids is 2. The Morgan fingerprint density at radius 1 is 1.04 bits per heavy atom. The normalized spacial score (nSPS) is 19.7. The molecule has 1 heterocycles. The lowest BCUT2D eigenvalue weighted by atomic mass is 9.94. The van der Waals surface area contributed by atoms with E-state index >= 15 is 0 Å². The molecule has 0 atom stereocenters. The molecule has 1 aliphatic heterocycles. The van der Waals surface area contributed by atoms with Gasteiger partial charge < -0.3 is 4.90 Å². The van der Waals surface area contributed by atoms with Gasteiger partial charge in [0, 0.05) is 13.1 Å². The van der Waals surface area contributed by atoms with E-state index in [-0.39, 0.29) is 16.8 Å². The summed E-state index contributed by atoms with van der Waals surface area (Å²) in [5.41, 5.74) is 0.651. The zero-order valence-electron chi connectivity index (χ0n) is 12.9. The summed E-state index contributed by atoms with van der Waals surface area (Å²) in [6.07, 6.45) is 5.51. The summed E-state index contributed by atoms with van der Waals surface area (Å²) in [5.74, 6) is -0.913. The number of hydrogen-bond donors (Lipinski definition) is 0. The third-order valence-electron chi connectivity index (χ3n) is 4.57. The van der Waals surface area contributed by atoms with Crippen molar-refractivity contribution in [1.29, 1.82) is 0 Å². The number of benzene rings is 1. The minimum absolute atomic E-state index is 0.0250. The van der Waals surface area contributed by atoms with Gasteiger partial charge in [-0.05, 0) is 25.0 Å². The van der Waals surface area contributed by atoms with E-state index < -0.39 is 11.8 Å². The highest BCUT2D eigenvalue weighted by Crippen LogP contribution is 2.36. The maximum atomic E-state index is 12.8. The van der Waals surface area contributed by atoms with Crippen LogP contribution in [0.3, 0.4) is 0 Å². The highest BCUT2D eigenvalue weighted by molar-refractivity contribution is 6.53. The summed E-state index contributed by atoms with van der Waals surface area (Å²) in [7, 11) is 1.84. The molecule has 1 aromatic rings. The predicted octanol–water partition coefficient (Wildman–Crippen LogP) is 3.93. The zero-order valence-corrected chi connectivity index (χ0v) is 14.4. The van der Waals surface area contributed by atoms with Crippen molar-refractivity contribution in [3.8, 4) is 0 Å². The fourth-order valence-corrected chi connectivity index (χ4v) is 3.82. The first-order valence-electron chi connectivity index (χ1n) is 7.78. The molecule has 3 rings (SSSR count). The third-order valence-corrected chi connectivity index (χ3v) is 5.23. The van der Waals surface area contributed by atoms with E-state index in [1.54, 1.807) is 24.3 Å². The Kier molecular flexibility index (Phi) is 4.64. The van der Waals surface area contributed by atoms with E-state index in [9.17, 15) is 9.59 Å². The molecule has 2 aliphatic rings. The topological polar surface area (TPSA) is 40.6 Å². The van der Waals surface area contributed by atoms with Gasteiger partial charge in [-0.15, -0.1) is 0 Å². The van der Waals surface area contributed by atoms with Crippen LogP contribution in [0.1, 0.15) is 32.1 Å². The first-order chi connectivity index (χ1) is 11.0. The minimum atomic E-state index is -0.512. The molecule has 122 valence electrons. The van der Waals surface area contributed by atoms with E-state index in [2.05, 4.69) is 0 Å². The second-order valence-corrected chi connectivity index (χ2v) is 6.75. The van der Waals surface area contributed by atoms with Crippen LogP contribution >= 0.6 is 23.2 Å². The minimum Gasteiger partial charge on any atom is -0.366 e. The summed E-state index contributed by atoms with van der Waals surface area (Å²) in [6, 6.07) is 7.02. The van der Waals surface area contributed by atoms with E-state index in [4.69, 9.17) is 23.2 Å². The van der Waals surface area contributed by atoms with Gasteiger partial charge in [-0.3, -0.25) is 9.59 Å². The lowest BCUT2D eigenvalue weighted by Crippen LogP contribution is -2.38. The second kappa shape index (κ2) is 6.54. The first kappa shape index (κ1) is 16.3. The van der Waals surface area contributed by atoms with Gasteiger partial charge in [0.1, 0.15) is 10.7 Å². The van der Waals surface area contributed by atoms with Crippen LogP contribution in [0.2, 0.25) is 5.02 Å². The molecule has 1 aromatic carbocycles. The van der Waals surface area contributed by atoms with Crippen LogP contribution in [0.25, 0.3) is 0 Å². The second-order valence-electron chi connectivity index (χ2n) is 5.96. The summed E-state index contributed by atoms with van der Waals surface area (Å²) in [6.45, 7) is 0. The van der Waals surface area contributed by atoms with Crippen LogP contribution in [0.15, 0.2) is 35.0 Å². The van der Waals surface area contributed by atoms with Gasteiger partial charge in [0.15, 0.2) is 0 Å². The smallest absolute Gasteiger partial charge is 0.283 e. The first-order valence-corrected chi connectivity index (χ1v) is 8.54. The van der Waals surface area contributed by atoms with E-state index in [0.717, 1.165) is 30.6 Å². The maximum absolute atomic E-state index is 12.8. The molecule has 4 nitrogen and oxygen atoms in total. The quantitative estimate of drug-likeness (QED) is 0.773. The SMILES string of the molecule is CN(C1=C(Cl)C(=O)N(c2ccccc2Cl)C1=O)C1CCCCC1. The molecule has 1 fully saturated rings. The van der Waals surface area contributed by atoms with E-state index in [1.165, 1.54) is 6.42 Å². The maximum Gasteiger partial charge on any atom is 0.283 e. The fraction of sp³-hybridized carbons (Fsp3) is 0.412. The van der Waals surface area contributed by atoms with Crippen molar-refractivity contribution in [3.63, 3.8) is 0 Å². The average molecular weight is 353 g/mol. The van der Waals surface area contributed by atoms with Gasteiger partial charge in [-0.25, -0.2) is 4.90 Å². The molecule has 6 heteroatoms. The third kappa shape index (κ3) is 2.86. The van der Waals surface area contributed by atoms with Gasteiger partial charge in [0.05, 0.1) is 10.7 Å². The van der Waals surface area contributed by atoms with Crippen LogP contribution in [-0.2, 0) is 9.59 Å². The van der Waals surface area contributed by atoms with Crippen LogP contribution in [-0.4, -0.2) is 29.8 Å². The van der Waals surface area contributed by atoms with Crippen LogP contribution in [0.4, 0.5) is 5.69 Å². The molecule has 0 saturated heterocycles. The largest absolute Gasteiger partial charge is 0.366 e. The molecule has 1 aliphatic carbocycles. The van der Waals surface area contributed by atoms with Crippen LogP contribution < -0.4 is 4.90 Å². The lowest BCUT2D eigenvalue weighted by Gasteiger charge is -2.33. The molecular formula is C17H18Cl2N2O2. The Bertz CT molecular complexity index is 681. The molecule has 0 unspecified atom stereocenters.